The fourth-order valence-corrected chi connectivity index (χ4v) is 2.46. The Kier molecular flexibility index (Phi) is 9.35. The highest BCUT2D eigenvalue weighted by molar-refractivity contribution is 5.93. The minimum Gasteiger partial charge on any atom is -0.493 e. The maximum Gasteiger partial charge on any atom is 0.279 e. The zero-order valence-electron chi connectivity index (χ0n) is 17.8. The molecule has 0 saturated carbocycles. The van der Waals surface area contributed by atoms with Crippen molar-refractivity contribution in [2.24, 2.45) is 0 Å². The van der Waals surface area contributed by atoms with Crippen LogP contribution in [0.1, 0.15) is 32.3 Å². The third kappa shape index (κ3) is 7.65. The lowest BCUT2D eigenvalue weighted by Gasteiger charge is -2.15. The predicted molar refractivity (Wildman–Crippen MR) is 115 cm³/mol. The number of benzene rings is 2. The summed E-state index contributed by atoms with van der Waals surface area (Å²) < 4.78 is 29.9. The number of halogens is 1. The number of ether oxygens (including phenoxy) is 3. The second-order valence-electron chi connectivity index (χ2n) is 6.61. The highest BCUT2D eigenvalue weighted by Gasteiger charge is 2.16. The molecule has 2 N–H and O–H groups in total. The van der Waals surface area contributed by atoms with Crippen molar-refractivity contribution in [3.8, 4) is 17.2 Å². The zero-order chi connectivity index (χ0) is 22.6. The van der Waals surface area contributed by atoms with Gasteiger partial charge in [-0.25, -0.2) is 4.39 Å². The monoisotopic (exact) mass is 430 g/mol. The molecule has 1 atom stereocenters. The molecule has 2 aromatic rings. The summed E-state index contributed by atoms with van der Waals surface area (Å²) in [4.78, 5) is 24.0. The van der Waals surface area contributed by atoms with Crippen LogP contribution in [0.25, 0.3) is 6.08 Å². The number of carbonyl (C=O) groups excluding carboxylic acids is 2. The third-order valence-electron chi connectivity index (χ3n) is 4.19. The SMILES string of the molecule is CCCCOc1ccc(C=CC(=O)NNC(=O)C(C)Oc2ccccc2F)cc1OC. The fourth-order valence-electron chi connectivity index (χ4n) is 2.46. The molecule has 0 fully saturated rings. The molecule has 8 heteroatoms. The lowest BCUT2D eigenvalue weighted by atomic mass is 10.2. The van der Waals surface area contributed by atoms with Crippen LogP contribution in [0.2, 0.25) is 0 Å². The van der Waals surface area contributed by atoms with E-state index in [9.17, 15) is 14.0 Å². The molecule has 0 heterocycles. The Balaban J connectivity index is 1.86. The summed E-state index contributed by atoms with van der Waals surface area (Å²) in [7, 11) is 1.54. The average Bonchev–Trinajstić information content (AvgIpc) is 2.78. The predicted octanol–water partition coefficient (Wildman–Crippen LogP) is 3.64. The van der Waals surface area contributed by atoms with Crippen molar-refractivity contribution in [1.82, 2.24) is 10.9 Å². The first kappa shape index (κ1) is 23.7. The lowest BCUT2D eigenvalue weighted by Crippen LogP contribution is -2.46. The molecule has 0 aliphatic carbocycles. The molecule has 2 rings (SSSR count). The van der Waals surface area contributed by atoms with Crippen LogP contribution in [0.4, 0.5) is 4.39 Å². The molecule has 0 radical (unpaired) electrons. The van der Waals surface area contributed by atoms with Crippen molar-refractivity contribution in [3.63, 3.8) is 0 Å². The van der Waals surface area contributed by atoms with E-state index in [4.69, 9.17) is 14.2 Å². The highest BCUT2D eigenvalue weighted by Crippen LogP contribution is 2.28. The Morgan fingerprint density at radius 2 is 1.87 bits per heavy atom. The second-order valence-corrected chi connectivity index (χ2v) is 6.61. The Morgan fingerprint density at radius 3 is 2.58 bits per heavy atom. The number of methoxy groups -OCH3 is 1. The molecule has 2 amide bonds. The molecule has 1 unspecified atom stereocenters. The molecule has 0 aliphatic heterocycles. The molecule has 0 bridgehead atoms. The van der Waals surface area contributed by atoms with Gasteiger partial charge in [-0.2, -0.15) is 0 Å². The molecule has 2 aromatic carbocycles. The van der Waals surface area contributed by atoms with Crippen LogP contribution in [0.3, 0.4) is 0 Å². The number of nitrogens with one attached hydrogen (secondary N) is 2. The van der Waals surface area contributed by atoms with Gasteiger partial charge in [-0.05, 0) is 49.2 Å². The summed E-state index contributed by atoms with van der Waals surface area (Å²) in [5.74, 6) is -0.604. The fraction of sp³-hybridized carbons (Fsp3) is 0.304. The highest BCUT2D eigenvalue weighted by atomic mass is 19.1. The summed E-state index contributed by atoms with van der Waals surface area (Å²) in [6.45, 7) is 4.13. The smallest absolute Gasteiger partial charge is 0.279 e. The van der Waals surface area contributed by atoms with E-state index in [2.05, 4.69) is 17.8 Å². The minimum absolute atomic E-state index is 0.0487. The number of unbranched alkanes of at least 4 members (excludes halogenated alkanes) is 1. The van der Waals surface area contributed by atoms with Gasteiger partial charge in [0, 0.05) is 6.08 Å². The number of hydrogen-bond donors (Lipinski definition) is 2. The molecule has 0 spiro atoms. The third-order valence-corrected chi connectivity index (χ3v) is 4.19. The molecule has 0 aliphatic rings. The van der Waals surface area contributed by atoms with Gasteiger partial charge in [0.2, 0.25) is 0 Å². The first-order valence-electron chi connectivity index (χ1n) is 9.94. The lowest BCUT2D eigenvalue weighted by molar-refractivity contribution is -0.131. The van der Waals surface area contributed by atoms with E-state index >= 15 is 0 Å². The summed E-state index contributed by atoms with van der Waals surface area (Å²) in [5, 5.41) is 0. The van der Waals surface area contributed by atoms with Gasteiger partial charge in [-0.1, -0.05) is 31.5 Å². The van der Waals surface area contributed by atoms with Crippen LogP contribution in [-0.4, -0.2) is 31.6 Å². The summed E-state index contributed by atoms with van der Waals surface area (Å²) in [6.07, 6.45) is 3.79. The van der Waals surface area contributed by atoms with E-state index in [0.29, 0.717) is 18.1 Å². The van der Waals surface area contributed by atoms with Crippen LogP contribution in [0.15, 0.2) is 48.5 Å². The number of carbonyl (C=O) groups is 2. The number of amides is 2. The molecule has 7 nitrogen and oxygen atoms in total. The molecular weight excluding hydrogens is 403 g/mol. The first-order chi connectivity index (χ1) is 14.9. The maximum absolute atomic E-state index is 13.6. The van der Waals surface area contributed by atoms with Gasteiger partial charge in [0.25, 0.3) is 11.8 Å². The largest absolute Gasteiger partial charge is 0.493 e. The topological polar surface area (TPSA) is 85.9 Å². The van der Waals surface area contributed by atoms with Gasteiger partial charge in [-0.3, -0.25) is 20.4 Å². The van der Waals surface area contributed by atoms with Gasteiger partial charge < -0.3 is 14.2 Å². The number of rotatable bonds is 10. The van der Waals surface area contributed by atoms with Crippen LogP contribution >= 0.6 is 0 Å². The Hall–Kier alpha value is -3.55. The quantitative estimate of drug-likeness (QED) is 0.342. The normalized spacial score (nSPS) is 11.6. The van der Waals surface area contributed by atoms with Crippen LogP contribution in [0.5, 0.6) is 17.2 Å². The van der Waals surface area contributed by atoms with Crippen molar-refractivity contribution in [3.05, 3.63) is 59.9 Å². The standard InChI is InChI=1S/C23H27FN2O5/c1-4-5-14-30-20-12-10-17(15-21(20)29-3)11-13-22(27)25-26-23(28)16(2)31-19-9-7-6-8-18(19)24/h6-13,15-16H,4-5,14H2,1-3H3,(H,25,27)(H,26,28). The summed E-state index contributed by atoms with van der Waals surface area (Å²) in [5.41, 5.74) is 5.21. The van der Waals surface area contributed by atoms with Gasteiger partial charge in [0.15, 0.2) is 29.2 Å². The van der Waals surface area contributed by atoms with Gasteiger partial charge in [0.05, 0.1) is 13.7 Å². The van der Waals surface area contributed by atoms with Gasteiger partial charge in [0.1, 0.15) is 0 Å². The summed E-state index contributed by atoms with van der Waals surface area (Å²) in [6, 6.07) is 11.1. The van der Waals surface area contributed by atoms with Crippen molar-refractivity contribution in [2.75, 3.05) is 13.7 Å². The van der Waals surface area contributed by atoms with Gasteiger partial charge >= 0.3 is 0 Å². The first-order valence-corrected chi connectivity index (χ1v) is 9.94. The van der Waals surface area contributed by atoms with Crippen molar-refractivity contribution < 1.29 is 28.2 Å². The Labute approximate surface area is 181 Å². The zero-order valence-corrected chi connectivity index (χ0v) is 17.8. The number of hydrogen-bond acceptors (Lipinski definition) is 5. The summed E-state index contributed by atoms with van der Waals surface area (Å²) >= 11 is 0. The minimum atomic E-state index is -1.01. The Morgan fingerprint density at radius 1 is 1.10 bits per heavy atom. The van der Waals surface area contributed by atoms with Gasteiger partial charge in [-0.15, -0.1) is 0 Å². The number of hydrazine groups is 1. The molecule has 0 saturated heterocycles. The second kappa shape index (κ2) is 12.2. The Bertz CT molecular complexity index is 917. The van der Waals surface area contributed by atoms with Crippen molar-refractivity contribution >= 4 is 17.9 Å². The van der Waals surface area contributed by atoms with Crippen LogP contribution in [-0.2, 0) is 9.59 Å². The van der Waals surface area contributed by atoms with E-state index in [-0.39, 0.29) is 5.75 Å². The van der Waals surface area contributed by atoms with E-state index < -0.39 is 23.7 Å². The van der Waals surface area contributed by atoms with Crippen molar-refractivity contribution in [1.29, 1.82) is 0 Å². The van der Waals surface area contributed by atoms with Crippen LogP contribution in [0, 0.1) is 5.82 Å². The van der Waals surface area contributed by atoms with E-state index in [1.807, 2.05) is 0 Å². The average molecular weight is 430 g/mol. The van der Waals surface area contributed by atoms with Crippen LogP contribution < -0.4 is 25.1 Å². The van der Waals surface area contributed by atoms with E-state index in [1.165, 1.54) is 31.2 Å². The maximum atomic E-state index is 13.6. The molecule has 0 aromatic heterocycles. The van der Waals surface area contributed by atoms with Crippen molar-refractivity contribution in [2.45, 2.75) is 32.8 Å². The van der Waals surface area contributed by atoms with E-state index in [1.54, 1.807) is 37.5 Å². The van der Waals surface area contributed by atoms with E-state index in [0.717, 1.165) is 18.4 Å². The molecule has 31 heavy (non-hydrogen) atoms. The molecular formula is C23H27FN2O5. The number of para-hydroxylation sites is 1. The molecule has 166 valence electrons.